The Morgan fingerprint density at radius 3 is 2.83 bits per heavy atom. The average Bonchev–Trinajstić information content (AvgIpc) is 2.80. The third-order valence-corrected chi connectivity index (χ3v) is 3.34. The van der Waals surface area contributed by atoms with Crippen molar-refractivity contribution >= 4 is 17.3 Å². The lowest BCUT2D eigenvalue weighted by Gasteiger charge is -2.09. The van der Waals surface area contributed by atoms with Crippen LogP contribution in [0.1, 0.15) is 31.0 Å². The van der Waals surface area contributed by atoms with E-state index < -0.39 is 0 Å². The van der Waals surface area contributed by atoms with Crippen molar-refractivity contribution in [2.24, 2.45) is 0 Å². The van der Waals surface area contributed by atoms with Crippen molar-refractivity contribution in [1.29, 1.82) is 0 Å². The molecule has 0 saturated heterocycles. The smallest absolute Gasteiger partial charge is 0.0539 e. The second kappa shape index (κ2) is 5.44. The average molecular weight is 264 g/mol. The van der Waals surface area contributed by atoms with Crippen LogP contribution >= 0.6 is 11.6 Å². The Hall–Kier alpha value is -1.48. The highest BCUT2D eigenvalue weighted by atomic mass is 35.5. The molecule has 0 unspecified atom stereocenters. The maximum Gasteiger partial charge on any atom is 0.0539 e. The Labute approximate surface area is 113 Å². The van der Waals surface area contributed by atoms with Gasteiger partial charge in [-0.05, 0) is 38.5 Å². The Morgan fingerprint density at radius 2 is 2.17 bits per heavy atom. The van der Waals surface area contributed by atoms with Crippen LogP contribution < -0.4 is 5.32 Å². The minimum absolute atomic E-state index is 0.395. The second-order valence-electron chi connectivity index (χ2n) is 4.69. The number of hydrogen-bond donors (Lipinski definition) is 1. The van der Waals surface area contributed by atoms with Gasteiger partial charge in [-0.15, -0.1) is 0 Å². The fourth-order valence-corrected chi connectivity index (χ4v) is 1.92. The quantitative estimate of drug-likeness (QED) is 0.902. The zero-order valence-electron chi connectivity index (χ0n) is 10.9. The van der Waals surface area contributed by atoms with Crippen molar-refractivity contribution in [3.8, 4) is 0 Å². The molecule has 2 aromatic rings. The second-order valence-corrected chi connectivity index (χ2v) is 5.10. The van der Waals surface area contributed by atoms with Gasteiger partial charge in [0.15, 0.2) is 0 Å². The summed E-state index contributed by atoms with van der Waals surface area (Å²) in [5.41, 5.74) is 3.32. The first-order valence-corrected chi connectivity index (χ1v) is 6.47. The summed E-state index contributed by atoms with van der Waals surface area (Å²) < 4.78 is 1.96. The molecule has 0 aliphatic rings. The highest BCUT2D eigenvalue weighted by Gasteiger charge is 2.04. The van der Waals surface area contributed by atoms with Gasteiger partial charge >= 0.3 is 0 Å². The lowest BCUT2D eigenvalue weighted by Crippen LogP contribution is -2.02. The van der Waals surface area contributed by atoms with E-state index >= 15 is 0 Å². The van der Waals surface area contributed by atoms with Gasteiger partial charge in [-0.3, -0.25) is 4.68 Å². The molecule has 0 radical (unpaired) electrons. The normalized spacial score (nSPS) is 10.9. The summed E-state index contributed by atoms with van der Waals surface area (Å²) in [6.45, 7) is 7.01. The summed E-state index contributed by atoms with van der Waals surface area (Å²) in [5, 5.41) is 8.49. The molecule has 1 aromatic heterocycles. The van der Waals surface area contributed by atoms with E-state index in [-0.39, 0.29) is 0 Å². The highest BCUT2D eigenvalue weighted by Crippen LogP contribution is 2.23. The van der Waals surface area contributed by atoms with Crippen LogP contribution in [0.5, 0.6) is 0 Å². The van der Waals surface area contributed by atoms with Gasteiger partial charge in [0.2, 0.25) is 0 Å². The number of hydrogen-bond acceptors (Lipinski definition) is 2. The van der Waals surface area contributed by atoms with Crippen LogP contribution in [0.15, 0.2) is 30.6 Å². The van der Waals surface area contributed by atoms with Gasteiger partial charge in [0.05, 0.1) is 6.20 Å². The SMILES string of the molecule is Cc1c(Cl)cccc1NCc1cnn(C(C)C)c1. The van der Waals surface area contributed by atoms with Crippen LogP contribution in [-0.4, -0.2) is 9.78 Å². The van der Waals surface area contributed by atoms with Crippen LogP contribution in [0.25, 0.3) is 0 Å². The zero-order chi connectivity index (χ0) is 13.1. The van der Waals surface area contributed by atoms with E-state index in [0.29, 0.717) is 6.04 Å². The third-order valence-electron chi connectivity index (χ3n) is 2.93. The summed E-state index contributed by atoms with van der Waals surface area (Å²) in [5.74, 6) is 0. The van der Waals surface area contributed by atoms with Crippen LogP contribution in [0, 0.1) is 6.92 Å². The summed E-state index contributed by atoms with van der Waals surface area (Å²) in [7, 11) is 0. The van der Waals surface area contributed by atoms with Crippen LogP contribution in [0.2, 0.25) is 5.02 Å². The zero-order valence-corrected chi connectivity index (χ0v) is 11.7. The molecule has 0 fully saturated rings. The molecule has 18 heavy (non-hydrogen) atoms. The molecular weight excluding hydrogens is 246 g/mol. The largest absolute Gasteiger partial charge is 0.381 e. The lowest BCUT2D eigenvalue weighted by molar-refractivity contribution is 0.532. The van der Waals surface area contributed by atoms with Crippen LogP contribution in [0.4, 0.5) is 5.69 Å². The number of aromatic nitrogens is 2. The van der Waals surface area contributed by atoms with E-state index in [1.54, 1.807) is 0 Å². The number of benzene rings is 1. The Morgan fingerprint density at radius 1 is 1.39 bits per heavy atom. The molecule has 0 amide bonds. The van der Waals surface area contributed by atoms with E-state index in [0.717, 1.165) is 22.8 Å². The van der Waals surface area contributed by atoms with Crippen molar-refractivity contribution in [3.63, 3.8) is 0 Å². The van der Waals surface area contributed by atoms with Crippen molar-refractivity contribution in [1.82, 2.24) is 9.78 Å². The minimum Gasteiger partial charge on any atom is -0.381 e. The number of nitrogens with zero attached hydrogens (tertiary/aromatic N) is 2. The van der Waals surface area contributed by atoms with Gasteiger partial charge < -0.3 is 5.32 Å². The van der Waals surface area contributed by atoms with Gasteiger partial charge in [-0.2, -0.15) is 5.10 Å². The fraction of sp³-hybridized carbons (Fsp3) is 0.357. The van der Waals surface area contributed by atoms with Gasteiger partial charge in [0.25, 0.3) is 0 Å². The molecule has 96 valence electrons. The monoisotopic (exact) mass is 263 g/mol. The number of anilines is 1. The molecule has 1 N–H and O–H groups in total. The van der Waals surface area contributed by atoms with Crippen molar-refractivity contribution in [3.05, 3.63) is 46.7 Å². The predicted octanol–water partition coefficient (Wildman–Crippen LogP) is 4.04. The topological polar surface area (TPSA) is 29.9 Å². The summed E-state index contributed by atoms with van der Waals surface area (Å²) >= 11 is 6.08. The number of halogens is 1. The van der Waals surface area contributed by atoms with E-state index in [1.807, 2.05) is 36.0 Å². The number of nitrogens with one attached hydrogen (secondary N) is 1. The summed E-state index contributed by atoms with van der Waals surface area (Å²) in [6.07, 6.45) is 3.96. The molecule has 3 nitrogen and oxygen atoms in total. The third kappa shape index (κ3) is 2.85. The van der Waals surface area contributed by atoms with E-state index in [4.69, 9.17) is 11.6 Å². The van der Waals surface area contributed by atoms with Crippen LogP contribution in [0.3, 0.4) is 0 Å². The predicted molar refractivity (Wildman–Crippen MR) is 76.1 cm³/mol. The molecule has 0 atom stereocenters. The first-order valence-electron chi connectivity index (χ1n) is 6.10. The first kappa shape index (κ1) is 13.0. The number of rotatable bonds is 4. The van der Waals surface area contributed by atoms with Crippen molar-refractivity contribution in [2.45, 2.75) is 33.4 Å². The van der Waals surface area contributed by atoms with E-state index in [9.17, 15) is 0 Å². The van der Waals surface area contributed by atoms with Crippen molar-refractivity contribution in [2.75, 3.05) is 5.32 Å². The molecule has 4 heteroatoms. The summed E-state index contributed by atoms with van der Waals surface area (Å²) in [6, 6.07) is 6.29. The van der Waals surface area contributed by atoms with Crippen molar-refractivity contribution < 1.29 is 0 Å². The lowest BCUT2D eigenvalue weighted by atomic mass is 10.2. The fourth-order valence-electron chi connectivity index (χ4n) is 1.75. The van der Waals surface area contributed by atoms with Gasteiger partial charge in [0, 0.05) is 35.1 Å². The standard InChI is InChI=1S/C14H18ClN3/c1-10(2)18-9-12(8-17-18)7-16-14-6-4-5-13(15)11(14)3/h4-6,8-10,16H,7H2,1-3H3. The molecule has 0 bridgehead atoms. The maximum absolute atomic E-state index is 6.08. The molecule has 0 aliphatic heterocycles. The highest BCUT2D eigenvalue weighted by molar-refractivity contribution is 6.31. The molecular formula is C14H18ClN3. The Bertz CT molecular complexity index is 532. The molecule has 0 spiro atoms. The van der Waals surface area contributed by atoms with Gasteiger partial charge in [-0.25, -0.2) is 0 Å². The molecule has 0 saturated carbocycles. The van der Waals surface area contributed by atoms with E-state index in [1.165, 1.54) is 5.56 Å². The Balaban J connectivity index is 2.04. The van der Waals surface area contributed by atoms with Crippen LogP contribution in [-0.2, 0) is 6.54 Å². The first-order chi connectivity index (χ1) is 8.58. The Kier molecular flexibility index (Phi) is 3.92. The molecule has 0 aliphatic carbocycles. The summed E-state index contributed by atoms with van der Waals surface area (Å²) in [4.78, 5) is 0. The molecule has 1 aromatic carbocycles. The van der Waals surface area contributed by atoms with Gasteiger partial charge in [-0.1, -0.05) is 17.7 Å². The van der Waals surface area contributed by atoms with Gasteiger partial charge in [0.1, 0.15) is 0 Å². The minimum atomic E-state index is 0.395. The maximum atomic E-state index is 6.08. The van der Waals surface area contributed by atoms with E-state index in [2.05, 4.69) is 30.5 Å². The molecule has 1 heterocycles. The molecule has 2 rings (SSSR count).